The first kappa shape index (κ1) is 6.97. The number of hydrogen-bond donors (Lipinski definition) is 0. The second kappa shape index (κ2) is 2.73. The molecule has 0 unspecified atom stereocenters. The fourth-order valence-electron chi connectivity index (χ4n) is 0.880. The first-order valence-electron chi connectivity index (χ1n) is 3.57. The fraction of sp³-hybridized carbons (Fsp3) is 0.125. The van der Waals surface area contributed by atoms with Crippen LogP contribution in [0, 0.1) is 6.92 Å². The summed E-state index contributed by atoms with van der Waals surface area (Å²) in [5.74, 6) is 0. The highest BCUT2D eigenvalue weighted by atomic mass is 16.5. The van der Waals surface area contributed by atoms with Gasteiger partial charge in [0.2, 0.25) is 0 Å². The van der Waals surface area contributed by atoms with E-state index in [9.17, 15) is 0 Å². The van der Waals surface area contributed by atoms with Gasteiger partial charge in [0.15, 0.2) is 0 Å². The Labute approximate surface area is 69.2 Å². The zero-order chi connectivity index (χ0) is 8.39. The average Bonchev–Trinajstić information content (AvgIpc) is 2.58. The number of aryl methyl sites for hydroxylation is 1. The molecule has 0 saturated carbocycles. The maximum atomic E-state index is 4.68. The summed E-state index contributed by atoms with van der Waals surface area (Å²) in [6, 6.07) is 5.50. The van der Waals surface area contributed by atoms with Crippen molar-refractivity contribution in [1.82, 2.24) is 15.4 Å². The molecule has 0 spiro atoms. The van der Waals surface area contributed by atoms with Crippen LogP contribution in [0.15, 0.2) is 29.0 Å². The third kappa shape index (κ3) is 1.18. The third-order valence-corrected chi connectivity index (χ3v) is 1.50. The number of nitrogens with zero attached hydrogens (tertiary/aromatic N) is 3. The minimum atomic E-state index is 0.711. The molecule has 4 heteroatoms. The van der Waals surface area contributed by atoms with Crippen molar-refractivity contribution in [2.75, 3.05) is 0 Å². The van der Waals surface area contributed by atoms with Gasteiger partial charge in [0.05, 0.1) is 5.69 Å². The molecular formula is C8H7N3O. The molecule has 0 saturated heterocycles. The van der Waals surface area contributed by atoms with E-state index in [4.69, 9.17) is 0 Å². The maximum Gasteiger partial charge on any atom is 0.134 e. The molecule has 2 rings (SSSR count). The van der Waals surface area contributed by atoms with Gasteiger partial charge >= 0.3 is 0 Å². The SMILES string of the molecule is Cc1ccc(-c2ccon2)nn1. The second-order valence-electron chi connectivity index (χ2n) is 2.44. The van der Waals surface area contributed by atoms with Gasteiger partial charge in [0, 0.05) is 6.07 Å². The molecule has 4 nitrogen and oxygen atoms in total. The molecule has 0 aromatic carbocycles. The molecule has 0 bridgehead atoms. The van der Waals surface area contributed by atoms with Crippen LogP contribution in [0.25, 0.3) is 11.4 Å². The lowest BCUT2D eigenvalue weighted by molar-refractivity contribution is 0.422. The maximum absolute atomic E-state index is 4.68. The lowest BCUT2D eigenvalue weighted by Crippen LogP contribution is -1.88. The zero-order valence-electron chi connectivity index (χ0n) is 6.56. The van der Waals surface area contributed by atoms with Crippen molar-refractivity contribution in [2.45, 2.75) is 6.92 Å². The Morgan fingerprint density at radius 2 is 2.00 bits per heavy atom. The third-order valence-electron chi connectivity index (χ3n) is 1.50. The van der Waals surface area contributed by atoms with Crippen LogP contribution in [0.4, 0.5) is 0 Å². The van der Waals surface area contributed by atoms with Gasteiger partial charge in [0.1, 0.15) is 17.7 Å². The van der Waals surface area contributed by atoms with E-state index in [0.717, 1.165) is 11.4 Å². The topological polar surface area (TPSA) is 51.8 Å². The Hall–Kier alpha value is -1.71. The van der Waals surface area contributed by atoms with E-state index in [0.29, 0.717) is 5.69 Å². The Bertz CT molecular complexity index is 352. The molecule has 2 aromatic heterocycles. The van der Waals surface area contributed by atoms with Crippen LogP contribution in [0.2, 0.25) is 0 Å². The molecule has 0 fully saturated rings. The minimum Gasteiger partial charge on any atom is -0.364 e. The number of aromatic nitrogens is 3. The van der Waals surface area contributed by atoms with Gasteiger partial charge in [-0.25, -0.2) is 0 Å². The Morgan fingerprint density at radius 3 is 2.58 bits per heavy atom. The average molecular weight is 161 g/mol. The van der Waals surface area contributed by atoms with E-state index in [2.05, 4.69) is 19.9 Å². The van der Waals surface area contributed by atoms with Gasteiger partial charge in [-0.1, -0.05) is 5.16 Å². The predicted octanol–water partition coefficient (Wildman–Crippen LogP) is 1.44. The molecular weight excluding hydrogens is 154 g/mol. The quantitative estimate of drug-likeness (QED) is 0.635. The van der Waals surface area contributed by atoms with Crippen molar-refractivity contribution in [2.24, 2.45) is 0 Å². The molecule has 0 aliphatic carbocycles. The van der Waals surface area contributed by atoms with Gasteiger partial charge < -0.3 is 4.52 Å². The molecule has 0 radical (unpaired) electrons. The molecule has 12 heavy (non-hydrogen) atoms. The van der Waals surface area contributed by atoms with Gasteiger partial charge in [-0.15, -0.1) is 5.10 Å². The van der Waals surface area contributed by atoms with Gasteiger partial charge in [-0.2, -0.15) is 5.10 Å². The predicted molar refractivity (Wildman–Crippen MR) is 42.3 cm³/mol. The molecule has 2 heterocycles. The van der Waals surface area contributed by atoms with Crippen molar-refractivity contribution in [1.29, 1.82) is 0 Å². The highest BCUT2D eigenvalue weighted by molar-refractivity contribution is 5.51. The smallest absolute Gasteiger partial charge is 0.134 e. The molecule has 2 aromatic rings. The van der Waals surface area contributed by atoms with Gasteiger partial charge in [-0.05, 0) is 19.1 Å². The van der Waals surface area contributed by atoms with Crippen LogP contribution in [-0.4, -0.2) is 15.4 Å². The van der Waals surface area contributed by atoms with E-state index >= 15 is 0 Å². The van der Waals surface area contributed by atoms with Crippen molar-refractivity contribution >= 4 is 0 Å². The lowest BCUT2D eigenvalue weighted by Gasteiger charge is -1.92. The van der Waals surface area contributed by atoms with E-state index in [1.54, 1.807) is 6.07 Å². The Balaban J connectivity index is 2.43. The van der Waals surface area contributed by atoms with Crippen LogP contribution in [0.3, 0.4) is 0 Å². The summed E-state index contributed by atoms with van der Waals surface area (Å²) in [6.45, 7) is 1.89. The normalized spacial score (nSPS) is 10.1. The Morgan fingerprint density at radius 1 is 1.08 bits per heavy atom. The van der Waals surface area contributed by atoms with Crippen LogP contribution in [0.1, 0.15) is 5.69 Å². The van der Waals surface area contributed by atoms with Gasteiger partial charge in [-0.3, -0.25) is 0 Å². The van der Waals surface area contributed by atoms with Gasteiger partial charge in [0.25, 0.3) is 0 Å². The summed E-state index contributed by atoms with van der Waals surface area (Å²) in [4.78, 5) is 0. The largest absolute Gasteiger partial charge is 0.364 e. The number of rotatable bonds is 1. The molecule has 0 N–H and O–H groups in total. The first-order valence-corrected chi connectivity index (χ1v) is 3.57. The summed E-state index contributed by atoms with van der Waals surface area (Å²) in [5, 5.41) is 11.6. The number of hydrogen-bond acceptors (Lipinski definition) is 4. The summed E-state index contributed by atoms with van der Waals surface area (Å²) in [6.07, 6.45) is 1.51. The van der Waals surface area contributed by atoms with Crippen molar-refractivity contribution in [3.63, 3.8) is 0 Å². The van der Waals surface area contributed by atoms with E-state index < -0.39 is 0 Å². The molecule has 60 valence electrons. The van der Waals surface area contributed by atoms with Crippen molar-refractivity contribution < 1.29 is 4.52 Å². The zero-order valence-corrected chi connectivity index (χ0v) is 6.56. The van der Waals surface area contributed by atoms with Crippen molar-refractivity contribution in [3.8, 4) is 11.4 Å². The standard InChI is InChI=1S/C8H7N3O/c1-6-2-3-7(10-9-6)8-4-5-12-11-8/h2-5H,1H3. The summed E-state index contributed by atoms with van der Waals surface area (Å²) >= 11 is 0. The summed E-state index contributed by atoms with van der Waals surface area (Å²) in [5.41, 5.74) is 2.33. The van der Waals surface area contributed by atoms with E-state index in [1.807, 2.05) is 19.1 Å². The highest BCUT2D eigenvalue weighted by Gasteiger charge is 2.01. The molecule has 0 aliphatic rings. The molecule has 0 aliphatic heterocycles. The monoisotopic (exact) mass is 161 g/mol. The second-order valence-corrected chi connectivity index (χ2v) is 2.44. The summed E-state index contributed by atoms with van der Waals surface area (Å²) < 4.78 is 4.68. The van der Waals surface area contributed by atoms with Crippen LogP contribution in [0.5, 0.6) is 0 Å². The molecule has 0 atom stereocenters. The fourth-order valence-corrected chi connectivity index (χ4v) is 0.880. The van der Waals surface area contributed by atoms with Crippen LogP contribution in [-0.2, 0) is 0 Å². The van der Waals surface area contributed by atoms with E-state index in [-0.39, 0.29) is 0 Å². The minimum absolute atomic E-state index is 0.711. The summed E-state index contributed by atoms with van der Waals surface area (Å²) in [7, 11) is 0. The van der Waals surface area contributed by atoms with Crippen LogP contribution >= 0.6 is 0 Å². The van der Waals surface area contributed by atoms with E-state index in [1.165, 1.54) is 6.26 Å². The lowest BCUT2D eigenvalue weighted by atomic mass is 10.3. The van der Waals surface area contributed by atoms with Crippen LogP contribution < -0.4 is 0 Å². The molecule has 0 amide bonds. The highest BCUT2D eigenvalue weighted by Crippen LogP contribution is 2.11. The van der Waals surface area contributed by atoms with Crippen molar-refractivity contribution in [3.05, 3.63) is 30.2 Å². The Kier molecular flexibility index (Phi) is 1.59. The first-order chi connectivity index (χ1) is 5.86.